The van der Waals surface area contributed by atoms with Gasteiger partial charge in [-0.2, -0.15) is 0 Å². The summed E-state index contributed by atoms with van der Waals surface area (Å²) in [5.41, 5.74) is 0.811. The maximum absolute atomic E-state index is 12.1. The summed E-state index contributed by atoms with van der Waals surface area (Å²) in [6, 6.07) is 5.92. The van der Waals surface area contributed by atoms with Crippen molar-refractivity contribution in [1.29, 1.82) is 0 Å². The first-order valence-corrected chi connectivity index (χ1v) is 7.19. The number of nitrogens with one attached hydrogen (secondary N) is 1. The van der Waals surface area contributed by atoms with Crippen LogP contribution in [0.3, 0.4) is 0 Å². The van der Waals surface area contributed by atoms with Crippen LogP contribution >= 0.6 is 0 Å². The summed E-state index contributed by atoms with van der Waals surface area (Å²) >= 11 is 0. The normalized spacial score (nSPS) is 19.1. The molecule has 1 aliphatic rings. The lowest BCUT2D eigenvalue weighted by atomic mass is 10.1. The molecule has 4 nitrogen and oxygen atoms in total. The first-order chi connectivity index (χ1) is 10.3. The number of halogens is 3. The summed E-state index contributed by atoms with van der Waals surface area (Å²) in [5, 5.41) is 3.27. The van der Waals surface area contributed by atoms with Crippen LogP contribution in [0.5, 0.6) is 5.75 Å². The number of hydrogen-bond acceptors (Lipinski definition) is 3. The molecule has 1 fully saturated rings. The molecular weight excluding hydrogens is 297 g/mol. The van der Waals surface area contributed by atoms with Crippen LogP contribution in [0.2, 0.25) is 0 Å². The van der Waals surface area contributed by atoms with Gasteiger partial charge in [-0.3, -0.25) is 4.79 Å². The molecule has 1 aromatic rings. The molecule has 1 aromatic carbocycles. The molecule has 0 saturated carbocycles. The highest BCUT2D eigenvalue weighted by Gasteiger charge is 2.30. The fourth-order valence-corrected chi connectivity index (χ4v) is 2.43. The number of aryl methyl sites for hydroxylation is 1. The molecule has 0 aliphatic carbocycles. The molecule has 1 N–H and O–H groups in total. The van der Waals surface area contributed by atoms with E-state index in [0.29, 0.717) is 25.9 Å². The monoisotopic (exact) mass is 316 g/mol. The Kier molecular flexibility index (Phi) is 5.28. The van der Waals surface area contributed by atoms with Crippen molar-refractivity contribution in [2.45, 2.75) is 32.2 Å². The lowest BCUT2D eigenvalue weighted by Crippen LogP contribution is -2.51. The number of carbonyl (C=O) groups is 1. The lowest BCUT2D eigenvalue weighted by molar-refractivity contribution is -0.274. The molecular formula is C15H19F3N2O2. The second kappa shape index (κ2) is 7.00. The minimum absolute atomic E-state index is 0.0731. The highest BCUT2D eigenvalue weighted by atomic mass is 19.4. The summed E-state index contributed by atoms with van der Waals surface area (Å²) in [7, 11) is 0. The topological polar surface area (TPSA) is 41.6 Å². The molecule has 1 atom stereocenters. The molecule has 0 spiro atoms. The van der Waals surface area contributed by atoms with Gasteiger partial charge < -0.3 is 15.0 Å². The van der Waals surface area contributed by atoms with Crippen LogP contribution in [0, 0.1) is 0 Å². The maximum atomic E-state index is 12.1. The van der Waals surface area contributed by atoms with Crippen molar-refractivity contribution in [3.63, 3.8) is 0 Å². The number of rotatable bonds is 4. The van der Waals surface area contributed by atoms with Gasteiger partial charge in [-0.1, -0.05) is 12.1 Å². The third kappa shape index (κ3) is 5.22. The van der Waals surface area contributed by atoms with Gasteiger partial charge in [0, 0.05) is 32.1 Å². The Morgan fingerprint density at radius 1 is 1.36 bits per heavy atom. The number of nitrogens with zero attached hydrogens (tertiary/aromatic N) is 1. The van der Waals surface area contributed by atoms with Gasteiger partial charge in [0.05, 0.1) is 0 Å². The van der Waals surface area contributed by atoms with E-state index in [4.69, 9.17) is 0 Å². The summed E-state index contributed by atoms with van der Waals surface area (Å²) in [6.07, 6.45) is -3.83. The Bertz CT molecular complexity index is 503. The summed E-state index contributed by atoms with van der Waals surface area (Å²) in [6.45, 7) is 4.20. The van der Waals surface area contributed by atoms with Crippen LogP contribution in [0.25, 0.3) is 0 Å². The molecule has 122 valence electrons. The highest BCUT2D eigenvalue weighted by molar-refractivity contribution is 5.76. The largest absolute Gasteiger partial charge is 0.573 e. The van der Waals surface area contributed by atoms with E-state index in [0.717, 1.165) is 12.1 Å². The summed E-state index contributed by atoms with van der Waals surface area (Å²) in [5.74, 6) is -0.178. The van der Waals surface area contributed by atoms with Crippen molar-refractivity contribution < 1.29 is 22.7 Å². The first-order valence-electron chi connectivity index (χ1n) is 7.19. The Morgan fingerprint density at radius 2 is 2.05 bits per heavy atom. The predicted molar refractivity (Wildman–Crippen MR) is 75.5 cm³/mol. The van der Waals surface area contributed by atoms with Crippen molar-refractivity contribution in [2.24, 2.45) is 0 Å². The van der Waals surface area contributed by atoms with Crippen molar-refractivity contribution >= 4 is 5.91 Å². The van der Waals surface area contributed by atoms with Gasteiger partial charge in [0.15, 0.2) is 0 Å². The number of alkyl halides is 3. The molecule has 1 saturated heterocycles. The molecule has 1 aliphatic heterocycles. The van der Waals surface area contributed by atoms with Gasteiger partial charge in [0.2, 0.25) is 5.91 Å². The van der Waals surface area contributed by atoms with E-state index in [-0.39, 0.29) is 17.7 Å². The van der Waals surface area contributed by atoms with Crippen LogP contribution in [0.1, 0.15) is 18.9 Å². The minimum atomic E-state index is -4.68. The quantitative estimate of drug-likeness (QED) is 0.927. The SMILES string of the molecule is C[C@@H]1CN(C(=O)CCc2ccc(OC(F)(F)F)cc2)CCN1. The molecule has 0 aromatic heterocycles. The standard InChI is InChI=1S/C15H19F3N2O2/c1-11-10-20(9-8-19-11)14(21)7-4-12-2-5-13(6-3-12)22-15(16,17)18/h2-3,5-6,11,19H,4,7-10H2,1H3/t11-/m1/s1. The van der Waals surface area contributed by atoms with E-state index in [2.05, 4.69) is 10.1 Å². The molecule has 0 unspecified atom stereocenters. The van der Waals surface area contributed by atoms with Crippen LogP contribution < -0.4 is 10.1 Å². The maximum Gasteiger partial charge on any atom is 0.573 e. The van der Waals surface area contributed by atoms with Crippen molar-refractivity contribution in [3.05, 3.63) is 29.8 Å². The second-order valence-corrected chi connectivity index (χ2v) is 5.39. The van der Waals surface area contributed by atoms with E-state index >= 15 is 0 Å². The number of amides is 1. The van der Waals surface area contributed by atoms with Crippen molar-refractivity contribution in [2.75, 3.05) is 19.6 Å². The van der Waals surface area contributed by atoms with Crippen molar-refractivity contribution in [1.82, 2.24) is 10.2 Å². The Hall–Kier alpha value is -1.76. The Labute approximate surface area is 127 Å². The Morgan fingerprint density at radius 3 is 2.64 bits per heavy atom. The second-order valence-electron chi connectivity index (χ2n) is 5.39. The van der Waals surface area contributed by atoms with Gasteiger partial charge in [-0.25, -0.2) is 0 Å². The molecule has 7 heteroatoms. The molecule has 1 amide bonds. The molecule has 22 heavy (non-hydrogen) atoms. The van der Waals surface area contributed by atoms with Gasteiger partial charge in [-0.05, 0) is 31.0 Å². The molecule has 2 rings (SSSR count). The smallest absolute Gasteiger partial charge is 0.406 e. The Balaban J connectivity index is 1.82. The van der Waals surface area contributed by atoms with Crippen molar-refractivity contribution in [3.8, 4) is 5.75 Å². The zero-order valence-electron chi connectivity index (χ0n) is 12.3. The van der Waals surface area contributed by atoms with E-state index in [9.17, 15) is 18.0 Å². The number of carbonyl (C=O) groups excluding carboxylic acids is 1. The average molecular weight is 316 g/mol. The summed E-state index contributed by atoms with van der Waals surface area (Å²) < 4.78 is 40.0. The molecule has 1 heterocycles. The van der Waals surface area contributed by atoms with Crippen LogP contribution in [-0.2, 0) is 11.2 Å². The summed E-state index contributed by atoms with van der Waals surface area (Å²) in [4.78, 5) is 13.9. The fourth-order valence-electron chi connectivity index (χ4n) is 2.43. The van der Waals surface area contributed by atoms with Gasteiger partial charge in [0.1, 0.15) is 5.75 Å². The van der Waals surface area contributed by atoms with Gasteiger partial charge in [-0.15, -0.1) is 13.2 Å². The fraction of sp³-hybridized carbons (Fsp3) is 0.533. The lowest BCUT2D eigenvalue weighted by Gasteiger charge is -2.32. The number of ether oxygens (including phenoxy) is 1. The van der Waals surface area contributed by atoms with Crippen LogP contribution in [0.15, 0.2) is 24.3 Å². The number of benzene rings is 1. The van der Waals surface area contributed by atoms with Crippen LogP contribution in [-0.4, -0.2) is 42.8 Å². The minimum Gasteiger partial charge on any atom is -0.406 e. The molecule has 0 bridgehead atoms. The molecule has 0 radical (unpaired) electrons. The van der Waals surface area contributed by atoms with E-state index in [1.54, 1.807) is 12.1 Å². The zero-order valence-corrected chi connectivity index (χ0v) is 12.3. The van der Waals surface area contributed by atoms with E-state index in [1.165, 1.54) is 12.1 Å². The number of hydrogen-bond donors (Lipinski definition) is 1. The van der Waals surface area contributed by atoms with E-state index in [1.807, 2.05) is 11.8 Å². The highest BCUT2D eigenvalue weighted by Crippen LogP contribution is 2.23. The third-order valence-corrected chi connectivity index (χ3v) is 3.51. The van der Waals surface area contributed by atoms with Gasteiger partial charge >= 0.3 is 6.36 Å². The first kappa shape index (κ1) is 16.6. The third-order valence-electron chi connectivity index (χ3n) is 3.51. The predicted octanol–water partition coefficient (Wildman–Crippen LogP) is 2.34. The average Bonchev–Trinajstić information content (AvgIpc) is 2.44. The van der Waals surface area contributed by atoms with Crippen LogP contribution in [0.4, 0.5) is 13.2 Å². The van der Waals surface area contributed by atoms with Gasteiger partial charge in [0.25, 0.3) is 0 Å². The zero-order chi connectivity index (χ0) is 16.2. The van der Waals surface area contributed by atoms with E-state index < -0.39 is 6.36 Å². The number of piperazine rings is 1.